The molecule has 0 fully saturated rings. The van der Waals surface area contributed by atoms with Gasteiger partial charge in [-0.25, -0.2) is 9.78 Å². The molecule has 0 unspecified atom stereocenters. The van der Waals surface area contributed by atoms with Gasteiger partial charge in [-0.15, -0.1) is 11.3 Å². The fraction of sp³-hybridized carbons (Fsp3) is 0.105. The number of allylic oxidation sites excluding steroid dienone is 1. The Labute approximate surface area is 148 Å². The van der Waals surface area contributed by atoms with E-state index in [1.165, 1.54) is 30.7 Å². The Kier molecular flexibility index (Phi) is 4.63. The number of hydrogen-bond acceptors (Lipinski definition) is 6. The third-order valence-corrected chi connectivity index (χ3v) is 4.94. The van der Waals surface area contributed by atoms with Crippen molar-refractivity contribution in [2.75, 3.05) is 7.11 Å². The lowest BCUT2D eigenvalue weighted by atomic mass is 10.1. The Bertz CT molecular complexity index is 1000. The van der Waals surface area contributed by atoms with Gasteiger partial charge in [-0.05, 0) is 42.3 Å². The first-order chi connectivity index (χ1) is 12.0. The van der Waals surface area contributed by atoms with E-state index >= 15 is 0 Å². The van der Waals surface area contributed by atoms with Crippen LogP contribution < -0.4 is 0 Å². The Balaban J connectivity index is 1.92. The lowest BCUT2D eigenvalue weighted by Gasteiger charge is -1.98. The SMILES string of the molecule is COC(=O)c1sc2ncc(C(=O)/C=C/c3cccc(O)c3)cc2c1C. The molecule has 0 radical (unpaired) electrons. The van der Waals surface area contributed by atoms with Crippen LogP contribution in [0.4, 0.5) is 0 Å². The van der Waals surface area contributed by atoms with Gasteiger partial charge in [-0.3, -0.25) is 4.79 Å². The number of thiophene rings is 1. The van der Waals surface area contributed by atoms with Crippen molar-refractivity contribution in [3.63, 3.8) is 0 Å². The lowest BCUT2D eigenvalue weighted by Crippen LogP contribution is -1.99. The van der Waals surface area contributed by atoms with Crippen LogP contribution in [-0.4, -0.2) is 29.0 Å². The lowest BCUT2D eigenvalue weighted by molar-refractivity contribution is 0.0605. The van der Waals surface area contributed by atoms with Gasteiger partial charge in [0.1, 0.15) is 15.5 Å². The molecule has 2 heterocycles. The van der Waals surface area contributed by atoms with E-state index in [-0.39, 0.29) is 11.5 Å². The zero-order chi connectivity index (χ0) is 18.0. The molecular formula is C19H15NO4S. The predicted octanol–water partition coefficient (Wildman–Crippen LogP) is 3.99. The number of pyridine rings is 1. The van der Waals surface area contributed by atoms with Crippen molar-refractivity contribution in [3.8, 4) is 5.75 Å². The molecule has 3 rings (SSSR count). The summed E-state index contributed by atoms with van der Waals surface area (Å²) in [5, 5.41) is 10.2. The molecule has 0 aliphatic rings. The molecule has 126 valence electrons. The average Bonchev–Trinajstić information content (AvgIpc) is 2.95. The number of benzene rings is 1. The monoisotopic (exact) mass is 353 g/mol. The van der Waals surface area contributed by atoms with E-state index in [4.69, 9.17) is 4.74 Å². The normalized spacial score (nSPS) is 11.1. The number of esters is 1. The molecule has 3 aromatic rings. The molecule has 25 heavy (non-hydrogen) atoms. The molecule has 6 heteroatoms. The minimum Gasteiger partial charge on any atom is -0.508 e. The van der Waals surface area contributed by atoms with Crippen LogP contribution in [-0.2, 0) is 4.74 Å². The number of aryl methyl sites for hydroxylation is 1. The van der Waals surface area contributed by atoms with E-state index in [0.717, 1.165) is 16.5 Å². The number of fused-ring (bicyclic) bond motifs is 1. The number of aromatic nitrogens is 1. The number of aromatic hydroxyl groups is 1. The minimum atomic E-state index is -0.405. The third-order valence-electron chi connectivity index (χ3n) is 3.75. The maximum Gasteiger partial charge on any atom is 0.348 e. The van der Waals surface area contributed by atoms with Crippen LogP contribution in [0.2, 0.25) is 0 Å². The zero-order valence-corrected chi connectivity index (χ0v) is 14.5. The first-order valence-electron chi connectivity index (χ1n) is 7.48. The van der Waals surface area contributed by atoms with Gasteiger partial charge < -0.3 is 9.84 Å². The molecule has 0 atom stereocenters. The van der Waals surface area contributed by atoms with Crippen LogP contribution in [0.3, 0.4) is 0 Å². The molecule has 0 saturated carbocycles. The van der Waals surface area contributed by atoms with E-state index < -0.39 is 5.97 Å². The molecule has 0 amide bonds. The highest BCUT2D eigenvalue weighted by Crippen LogP contribution is 2.30. The van der Waals surface area contributed by atoms with Gasteiger partial charge in [0, 0.05) is 17.1 Å². The number of ether oxygens (including phenoxy) is 1. The van der Waals surface area contributed by atoms with E-state index in [1.807, 2.05) is 6.92 Å². The first kappa shape index (κ1) is 16.9. The van der Waals surface area contributed by atoms with E-state index in [1.54, 1.807) is 36.4 Å². The summed E-state index contributed by atoms with van der Waals surface area (Å²) in [4.78, 5) is 29.6. The van der Waals surface area contributed by atoms with Crippen molar-refractivity contribution in [1.82, 2.24) is 4.98 Å². The predicted molar refractivity (Wildman–Crippen MR) is 97.2 cm³/mol. The summed E-state index contributed by atoms with van der Waals surface area (Å²) in [6.45, 7) is 1.81. The molecule has 0 aliphatic heterocycles. The van der Waals surface area contributed by atoms with Gasteiger partial charge in [0.05, 0.1) is 7.11 Å². The van der Waals surface area contributed by atoms with Crippen LogP contribution in [0.5, 0.6) is 5.75 Å². The van der Waals surface area contributed by atoms with Crippen molar-refractivity contribution in [1.29, 1.82) is 0 Å². The number of nitrogens with zero attached hydrogens (tertiary/aromatic N) is 1. The summed E-state index contributed by atoms with van der Waals surface area (Å²) in [6, 6.07) is 8.36. The van der Waals surface area contributed by atoms with Crippen molar-refractivity contribution in [2.45, 2.75) is 6.92 Å². The Morgan fingerprint density at radius 1 is 1.28 bits per heavy atom. The molecule has 5 nitrogen and oxygen atoms in total. The average molecular weight is 353 g/mol. The number of hydrogen-bond donors (Lipinski definition) is 1. The van der Waals surface area contributed by atoms with Crippen molar-refractivity contribution >= 4 is 39.4 Å². The van der Waals surface area contributed by atoms with Gasteiger partial charge >= 0.3 is 5.97 Å². The van der Waals surface area contributed by atoms with Crippen molar-refractivity contribution in [3.05, 3.63) is 64.2 Å². The van der Waals surface area contributed by atoms with Crippen LogP contribution in [0.25, 0.3) is 16.3 Å². The summed E-state index contributed by atoms with van der Waals surface area (Å²) >= 11 is 1.25. The number of carbonyl (C=O) groups is 2. The smallest absolute Gasteiger partial charge is 0.348 e. The van der Waals surface area contributed by atoms with E-state index in [9.17, 15) is 14.7 Å². The van der Waals surface area contributed by atoms with Crippen LogP contribution in [0, 0.1) is 6.92 Å². The zero-order valence-electron chi connectivity index (χ0n) is 13.6. The first-order valence-corrected chi connectivity index (χ1v) is 8.30. The molecule has 0 spiro atoms. The molecule has 0 saturated heterocycles. The van der Waals surface area contributed by atoms with Gasteiger partial charge in [0.15, 0.2) is 5.78 Å². The third kappa shape index (κ3) is 3.44. The Morgan fingerprint density at radius 2 is 2.08 bits per heavy atom. The van der Waals surface area contributed by atoms with Crippen LogP contribution >= 0.6 is 11.3 Å². The quantitative estimate of drug-likeness (QED) is 0.436. The molecular weight excluding hydrogens is 338 g/mol. The minimum absolute atomic E-state index is 0.141. The van der Waals surface area contributed by atoms with Crippen molar-refractivity contribution in [2.24, 2.45) is 0 Å². The highest BCUT2D eigenvalue weighted by molar-refractivity contribution is 7.20. The highest BCUT2D eigenvalue weighted by atomic mass is 32.1. The van der Waals surface area contributed by atoms with E-state index in [2.05, 4.69) is 4.98 Å². The fourth-order valence-corrected chi connectivity index (χ4v) is 3.47. The second kappa shape index (κ2) is 6.86. The second-order valence-electron chi connectivity index (χ2n) is 5.42. The Morgan fingerprint density at radius 3 is 2.80 bits per heavy atom. The molecule has 1 N–H and O–H groups in total. The van der Waals surface area contributed by atoms with Crippen LogP contribution in [0.15, 0.2) is 42.6 Å². The number of ketones is 1. The van der Waals surface area contributed by atoms with Gasteiger partial charge in [-0.1, -0.05) is 18.2 Å². The molecule has 0 aliphatic carbocycles. The standard InChI is InChI=1S/C19H15NO4S/c1-11-15-9-13(10-20-18(15)25-17(11)19(23)24-2)16(22)7-6-12-4-3-5-14(21)8-12/h3-10,21H,1-2H3/b7-6+. The molecule has 0 bridgehead atoms. The molecule has 1 aromatic carbocycles. The summed E-state index contributed by atoms with van der Waals surface area (Å²) in [5.41, 5.74) is 1.91. The number of phenolic OH excluding ortho intramolecular Hbond substituents is 1. The summed E-state index contributed by atoms with van der Waals surface area (Å²) in [5.74, 6) is -0.470. The number of carbonyl (C=O) groups excluding carboxylic acids is 2. The number of rotatable bonds is 4. The van der Waals surface area contributed by atoms with Gasteiger partial charge in [0.25, 0.3) is 0 Å². The highest BCUT2D eigenvalue weighted by Gasteiger charge is 2.17. The summed E-state index contributed by atoms with van der Waals surface area (Å²) in [7, 11) is 1.33. The Hall–Kier alpha value is -2.99. The molecule has 2 aromatic heterocycles. The number of phenols is 1. The van der Waals surface area contributed by atoms with Crippen LogP contribution in [0.1, 0.15) is 31.2 Å². The fourth-order valence-electron chi connectivity index (χ4n) is 2.42. The van der Waals surface area contributed by atoms with Crippen molar-refractivity contribution < 1.29 is 19.4 Å². The summed E-state index contributed by atoms with van der Waals surface area (Å²) in [6.07, 6.45) is 4.56. The topological polar surface area (TPSA) is 76.5 Å². The number of methoxy groups -OCH3 is 1. The summed E-state index contributed by atoms with van der Waals surface area (Å²) < 4.78 is 4.77. The largest absolute Gasteiger partial charge is 0.508 e. The second-order valence-corrected chi connectivity index (χ2v) is 6.42. The van der Waals surface area contributed by atoms with E-state index in [0.29, 0.717) is 15.3 Å². The van der Waals surface area contributed by atoms with Gasteiger partial charge in [0.2, 0.25) is 0 Å². The van der Waals surface area contributed by atoms with Gasteiger partial charge in [-0.2, -0.15) is 0 Å². The maximum absolute atomic E-state index is 12.4. The maximum atomic E-state index is 12.4.